The highest BCUT2D eigenvalue weighted by Gasteiger charge is 2.09. The number of primary amides is 1. The summed E-state index contributed by atoms with van der Waals surface area (Å²) in [6.45, 7) is 4.28. The largest absolute Gasteiger partial charge is 0.350 e. The summed E-state index contributed by atoms with van der Waals surface area (Å²) in [6.07, 6.45) is 1.14. The summed E-state index contributed by atoms with van der Waals surface area (Å²) in [5, 5.41) is 0.534. The van der Waals surface area contributed by atoms with Gasteiger partial charge in [-0.2, -0.15) is 3.96 Å². The summed E-state index contributed by atoms with van der Waals surface area (Å²) in [5.41, 5.74) is 7.43. The smallest absolute Gasteiger partial charge is 0.335 e. The van der Waals surface area contributed by atoms with Crippen molar-refractivity contribution in [2.45, 2.75) is 20.3 Å². The van der Waals surface area contributed by atoms with Gasteiger partial charge in [0, 0.05) is 0 Å². The molecule has 0 atom stereocenters. The van der Waals surface area contributed by atoms with Gasteiger partial charge < -0.3 is 5.73 Å². The molecule has 2 aromatic carbocycles. The highest BCUT2D eigenvalue weighted by molar-refractivity contribution is 7.14. The maximum atomic E-state index is 11.4. The highest BCUT2D eigenvalue weighted by Crippen LogP contribution is 2.14. The Bertz CT molecular complexity index is 832. The van der Waals surface area contributed by atoms with Gasteiger partial charge in [0.1, 0.15) is 0 Å². The topological polar surface area (TPSA) is 65.1 Å². The number of amides is 1. The van der Waals surface area contributed by atoms with E-state index in [4.69, 9.17) is 5.73 Å². The first kappa shape index (κ1) is 16.0. The van der Waals surface area contributed by atoms with Gasteiger partial charge in [-0.3, -0.25) is 4.79 Å². The number of benzene rings is 2. The van der Waals surface area contributed by atoms with Crippen LogP contribution in [0.4, 0.5) is 4.79 Å². The van der Waals surface area contributed by atoms with Crippen LogP contribution in [0.2, 0.25) is 0 Å². The molecular formula is C17H18N2O2S. The molecule has 0 saturated carbocycles. The van der Waals surface area contributed by atoms with Crippen molar-refractivity contribution >= 4 is 27.6 Å². The molecule has 114 valence electrons. The van der Waals surface area contributed by atoms with Crippen molar-refractivity contribution in [3.8, 4) is 0 Å². The summed E-state index contributed by atoms with van der Waals surface area (Å²) in [5.74, 6) is 0. The van der Waals surface area contributed by atoms with Gasteiger partial charge in [0.2, 0.25) is 0 Å². The molecule has 0 fully saturated rings. The molecule has 0 aliphatic heterocycles. The number of nitrogens with two attached hydrogens (primary N) is 1. The van der Waals surface area contributed by atoms with Gasteiger partial charge in [0.25, 0.3) is 5.56 Å². The van der Waals surface area contributed by atoms with E-state index in [0.29, 0.717) is 5.39 Å². The molecule has 2 N–H and O–H groups in total. The van der Waals surface area contributed by atoms with Crippen LogP contribution in [0, 0.1) is 6.92 Å². The van der Waals surface area contributed by atoms with E-state index >= 15 is 0 Å². The van der Waals surface area contributed by atoms with Crippen LogP contribution in [-0.4, -0.2) is 9.99 Å². The van der Waals surface area contributed by atoms with Gasteiger partial charge in [0.05, 0.1) is 10.1 Å². The minimum atomic E-state index is -0.730. The molecule has 0 spiro atoms. The molecule has 1 amide bonds. The molecule has 4 nitrogen and oxygen atoms in total. The summed E-state index contributed by atoms with van der Waals surface area (Å²) >= 11 is 1.06. The minimum absolute atomic E-state index is 0.340. The molecule has 3 rings (SSSR count). The van der Waals surface area contributed by atoms with Crippen molar-refractivity contribution in [2.24, 2.45) is 5.73 Å². The minimum Gasteiger partial charge on any atom is -0.350 e. The van der Waals surface area contributed by atoms with E-state index < -0.39 is 6.03 Å². The quantitative estimate of drug-likeness (QED) is 0.746. The molecular weight excluding hydrogens is 296 g/mol. The molecule has 0 aliphatic carbocycles. The second kappa shape index (κ2) is 7.04. The number of aryl methyl sites for hydroxylation is 2. The first-order valence-electron chi connectivity index (χ1n) is 6.99. The van der Waals surface area contributed by atoms with Crippen molar-refractivity contribution in [1.82, 2.24) is 3.96 Å². The Hall–Kier alpha value is -2.40. The maximum Gasteiger partial charge on any atom is 0.335 e. The first-order valence-corrected chi connectivity index (χ1v) is 7.76. The van der Waals surface area contributed by atoms with Gasteiger partial charge in [-0.05, 0) is 42.6 Å². The molecule has 22 heavy (non-hydrogen) atoms. The Morgan fingerprint density at radius 2 is 1.77 bits per heavy atom. The molecule has 3 aromatic rings. The van der Waals surface area contributed by atoms with E-state index in [0.717, 1.165) is 26.6 Å². The third-order valence-corrected chi connectivity index (χ3v) is 4.30. The third-order valence-electron chi connectivity index (χ3n) is 3.22. The monoisotopic (exact) mass is 314 g/mol. The van der Waals surface area contributed by atoms with Crippen molar-refractivity contribution in [1.29, 1.82) is 0 Å². The summed E-state index contributed by atoms with van der Waals surface area (Å²) in [7, 11) is 0. The van der Waals surface area contributed by atoms with Crippen molar-refractivity contribution < 1.29 is 4.79 Å². The molecule has 0 bridgehead atoms. The Balaban J connectivity index is 0.000000172. The standard InChI is InChI=1S/C9H12.C8H6N2O2S/c1-3-9-6-4-8(2)5-7-9;9-8(12)10-7(11)5-3-1-2-4-6(5)13-10/h4-7H,3H2,1-2H3;1-4H,(H2,9,12). The lowest BCUT2D eigenvalue weighted by atomic mass is 10.1. The number of carbonyl (C=O) groups excluding carboxylic acids is 1. The average Bonchev–Trinajstić information content (AvgIpc) is 2.87. The van der Waals surface area contributed by atoms with Crippen molar-refractivity contribution in [2.75, 3.05) is 0 Å². The second-order valence-electron chi connectivity index (χ2n) is 4.86. The van der Waals surface area contributed by atoms with Gasteiger partial charge in [-0.1, -0.05) is 48.9 Å². The summed E-state index contributed by atoms with van der Waals surface area (Å²) in [6, 6.07) is 14.9. The summed E-state index contributed by atoms with van der Waals surface area (Å²) in [4.78, 5) is 22.2. The van der Waals surface area contributed by atoms with Gasteiger partial charge >= 0.3 is 6.03 Å². The SMILES string of the molecule is CCc1ccc(C)cc1.NC(=O)n1sc2ccccc2c1=O. The van der Waals surface area contributed by atoms with Crippen LogP contribution in [0.5, 0.6) is 0 Å². The predicted octanol–water partition coefficient (Wildman–Crippen LogP) is 3.55. The van der Waals surface area contributed by atoms with Crippen LogP contribution in [0.15, 0.2) is 53.3 Å². The van der Waals surface area contributed by atoms with Crippen LogP contribution in [-0.2, 0) is 6.42 Å². The number of fused-ring (bicyclic) bond motifs is 1. The highest BCUT2D eigenvalue weighted by atomic mass is 32.1. The molecule has 0 saturated heterocycles. The fourth-order valence-corrected chi connectivity index (χ4v) is 2.80. The Morgan fingerprint density at radius 3 is 2.32 bits per heavy atom. The zero-order valence-electron chi connectivity index (χ0n) is 12.6. The maximum absolute atomic E-state index is 11.4. The predicted molar refractivity (Wildman–Crippen MR) is 91.6 cm³/mol. The second-order valence-corrected chi connectivity index (χ2v) is 5.85. The fourth-order valence-electron chi connectivity index (χ4n) is 1.94. The Labute approximate surface area is 133 Å². The number of nitrogens with zero attached hydrogens (tertiary/aromatic N) is 1. The van der Waals surface area contributed by atoms with E-state index in [1.807, 2.05) is 6.07 Å². The van der Waals surface area contributed by atoms with E-state index in [2.05, 4.69) is 38.1 Å². The van der Waals surface area contributed by atoms with Crippen LogP contribution in [0.3, 0.4) is 0 Å². The fraction of sp³-hybridized carbons (Fsp3) is 0.176. The van der Waals surface area contributed by atoms with Crippen LogP contribution < -0.4 is 11.3 Å². The van der Waals surface area contributed by atoms with Crippen LogP contribution in [0.1, 0.15) is 18.1 Å². The van der Waals surface area contributed by atoms with Crippen molar-refractivity contribution in [3.05, 3.63) is 70.0 Å². The molecule has 1 heterocycles. The number of hydrogen-bond acceptors (Lipinski definition) is 3. The van der Waals surface area contributed by atoms with Gasteiger partial charge in [-0.25, -0.2) is 4.79 Å². The van der Waals surface area contributed by atoms with Gasteiger partial charge in [-0.15, -0.1) is 0 Å². The van der Waals surface area contributed by atoms with E-state index in [-0.39, 0.29) is 5.56 Å². The first-order chi connectivity index (χ1) is 10.5. The van der Waals surface area contributed by atoms with Gasteiger partial charge in [0.15, 0.2) is 0 Å². The van der Waals surface area contributed by atoms with Crippen molar-refractivity contribution in [3.63, 3.8) is 0 Å². The molecule has 0 aliphatic rings. The molecule has 5 heteroatoms. The molecule has 0 unspecified atom stereocenters. The lowest BCUT2D eigenvalue weighted by Crippen LogP contribution is -2.26. The number of rotatable bonds is 1. The normalized spacial score (nSPS) is 10.1. The zero-order chi connectivity index (χ0) is 16.1. The van der Waals surface area contributed by atoms with E-state index in [1.165, 1.54) is 11.1 Å². The Morgan fingerprint density at radius 1 is 1.14 bits per heavy atom. The zero-order valence-corrected chi connectivity index (χ0v) is 13.4. The van der Waals surface area contributed by atoms with Crippen LogP contribution in [0.25, 0.3) is 10.1 Å². The number of hydrogen-bond donors (Lipinski definition) is 1. The molecule has 0 radical (unpaired) electrons. The summed E-state index contributed by atoms with van der Waals surface area (Å²) < 4.78 is 1.72. The molecule has 1 aromatic heterocycles. The van der Waals surface area contributed by atoms with E-state index in [9.17, 15) is 9.59 Å². The Kier molecular flexibility index (Phi) is 5.12. The van der Waals surface area contributed by atoms with Crippen LogP contribution >= 0.6 is 11.5 Å². The average molecular weight is 314 g/mol. The lowest BCUT2D eigenvalue weighted by molar-refractivity contribution is 0.252. The third kappa shape index (κ3) is 3.62. The number of aromatic nitrogens is 1. The van der Waals surface area contributed by atoms with E-state index in [1.54, 1.807) is 18.2 Å². The number of carbonyl (C=O) groups is 1. The lowest BCUT2D eigenvalue weighted by Gasteiger charge is -1.94.